The van der Waals surface area contributed by atoms with Crippen LogP contribution in [0, 0.1) is 0 Å². The van der Waals surface area contributed by atoms with E-state index < -0.39 is 6.10 Å². The average Bonchev–Trinajstić information content (AvgIpc) is 2.87. The maximum atomic E-state index is 12.3. The number of carbonyl (C=O) groups excluding carboxylic acids is 1. The molecule has 1 fully saturated rings. The second kappa shape index (κ2) is 6.48. The largest absolute Gasteiger partial charge is 0.455 e. The Morgan fingerprint density at radius 1 is 1.47 bits per heavy atom. The number of aliphatic hydroxyl groups is 1. The topological polar surface area (TPSA) is 53.7 Å². The molecule has 1 aromatic rings. The van der Waals surface area contributed by atoms with E-state index in [0.717, 1.165) is 37.2 Å². The average molecular weight is 283 g/mol. The number of hydrogen-bond donors (Lipinski definition) is 1. The lowest BCUT2D eigenvalue weighted by molar-refractivity contribution is 0.0249. The smallest absolute Gasteiger partial charge is 0.289 e. The first-order valence-electron chi connectivity index (χ1n) is 6.66. The third-order valence-corrected chi connectivity index (χ3v) is 4.24. The van der Waals surface area contributed by atoms with E-state index in [0.29, 0.717) is 5.76 Å². The number of hydrogen-bond acceptors (Lipinski definition) is 4. The molecule has 0 spiro atoms. The fourth-order valence-electron chi connectivity index (χ4n) is 2.58. The van der Waals surface area contributed by atoms with Crippen molar-refractivity contribution in [2.24, 2.45) is 0 Å². The first-order chi connectivity index (χ1) is 9.13. The summed E-state index contributed by atoms with van der Waals surface area (Å²) in [6.45, 7) is 0. The third-order valence-electron chi connectivity index (χ3n) is 3.67. The summed E-state index contributed by atoms with van der Waals surface area (Å²) in [4.78, 5) is 14.0. The van der Waals surface area contributed by atoms with Gasteiger partial charge in [0.05, 0.1) is 17.9 Å². The van der Waals surface area contributed by atoms with Crippen LogP contribution in [0.15, 0.2) is 16.5 Å². The van der Waals surface area contributed by atoms with Gasteiger partial charge in [-0.1, -0.05) is 12.8 Å². The zero-order valence-corrected chi connectivity index (χ0v) is 12.3. The molecule has 5 heteroatoms. The number of likely N-dealkylation sites (N-methyl/N-ethyl adjacent to an activating group) is 1. The molecule has 1 heterocycles. The minimum atomic E-state index is -0.414. The van der Waals surface area contributed by atoms with Crippen LogP contribution < -0.4 is 0 Å². The van der Waals surface area contributed by atoms with Gasteiger partial charge in [-0.25, -0.2) is 0 Å². The van der Waals surface area contributed by atoms with Crippen LogP contribution in [0.4, 0.5) is 0 Å². The van der Waals surface area contributed by atoms with Crippen molar-refractivity contribution in [1.82, 2.24) is 4.90 Å². The maximum Gasteiger partial charge on any atom is 0.289 e. The summed E-state index contributed by atoms with van der Waals surface area (Å²) in [5.41, 5.74) is 0. The van der Waals surface area contributed by atoms with Gasteiger partial charge in [0, 0.05) is 7.05 Å². The van der Waals surface area contributed by atoms with Crippen LogP contribution in [0.3, 0.4) is 0 Å². The summed E-state index contributed by atoms with van der Waals surface area (Å²) in [5.74, 6) is 1.80. The first kappa shape index (κ1) is 14.5. The first-order valence-corrected chi connectivity index (χ1v) is 8.05. The van der Waals surface area contributed by atoms with Crippen LogP contribution in [0.25, 0.3) is 0 Å². The lowest BCUT2D eigenvalue weighted by Gasteiger charge is -2.34. The molecule has 1 saturated carbocycles. The summed E-state index contributed by atoms with van der Waals surface area (Å²) in [7, 11) is 1.75. The van der Waals surface area contributed by atoms with Crippen LogP contribution >= 0.6 is 11.8 Å². The molecule has 0 aliphatic heterocycles. The highest BCUT2D eigenvalue weighted by atomic mass is 32.2. The van der Waals surface area contributed by atoms with Gasteiger partial charge >= 0.3 is 0 Å². The normalized spacial score (nSPS) is 23.3. The van der Waals surface area contributed by atoms with Crippen LogP contribution in [-0.2, 0) is 5.75 Å². The molecule has 0 aromatic carbocycles. The van der Waals surface area contributed by atoms with Crippen molar-refractivity contribution < 1.29 is 14.3 Å². The Balaban J connectivity index is 2.04. The van der Waals surface area contributed by atoms with Gasteiger partial charge in [-0.3, -0.25) is 4.79 Å². The fraction of sp³-hybridized carbons (Fsp3) is 0.643. The van der Waals surface area contributed by atoms with E-state index in [9.17, 15) is 9.90 Å². The van der Waals surface area contributed by atoms with Crippen LogP contribution in [0.2, 0.25) is 0 Å². The fourth-order valence-corrected chi connectivity index (χ4v) is 3.02. The Hall–Kier alpha value is -0.940. The Morgan fingerprint density at radius 3 is 2.89 bits per heavy atom. The number of aliphatic hydroxyl groups excluding tert-OH is 1. The monoisotopic (exact) mass is 283 g/mol. The van der Waals surface area contributed by atoms with Crippen molar-refractivity contribution in [1.29, 1.82) is 0 Å². The summed E-state index contributed by atoms with van der Waals surface area (Å²) >= 11 is 1.66. The van der Waals surface area contributed by atoms with Crippen LogP contribution in [-0.4, -0.2) is 41.4 Å². The lowest BCUT2D eigenvalue weighted by atomic mass is 9.91. The molecule has 0 bridgehead atoms. The molecule has 1 aromatic heterocycles. The number of carbonyl (C=O) groups is 1. The minimum Gasteiger partial charge on any atom is -0.455 e. The molecule has 19 heavy (non-hydrogen) atoms. The van der Waals surface area contributed by atoms with Gasteiger partial charge in [-0.2, -0.15) is 11.8 Å². The maximum absolute atomic E-state index is 12.3. The minimum absolute atomic E-state index is 0.0876. The third kappa shape index (κ3) is 3.34. The molecule has 2 atom stereocenters. The van der Waals surface area contributed by atoms with Gasteiger partial charge in [0.25, 0.3) is 5.91 Å². The highest BCUT2D eigenvalue weighted by molar-refractivity contribution is 7.97. The quantitative estimate of drug-likeness (QED) is 0.922. The molecule has 1 aliphatic rings. The van der Waals surface area contributed by atoms with Crippen LogP contribution in [0.5, 0.6) is 0 Å². The Bertz CT molecular complexity index is 432. The summed E-state index contributed by atoms with van der Waals surface area (Å²) in [6.07, 6.45) is 5.32. The van der Waals surface area contributed by atoms with Crippen LogP contribution in [0.1, 0.15) is 42.0 Å². The van der Waals surface area contributed by atoms with Crippen molar-refractivity contribution in [3.05, 3.63) is 23.7 Å². The van der Waals surface area contributed by atoms with Crippen molar-refractivity contribution >= 4 is 17.7 Å². The SMILES string of the molecule is CSCc1ccc(C(=O)N(C)C2CCCCC2O)o1. The molecular weight excluding hydrogens is 262 g/mol. The zero-order valence-electron chi connectivity index (χ0n) is 11.5. The van der Waals surface area contributed by atoms with Gasteiger partial charge in [-0.05, 0) is 31.2 Å². The molecule has 2 rings (SSSR count). The second-order valence-electron chi connectivity index (χ2n) is 5.03. The Morgan fingerprint density at radius 2 is 2.21 bits per heavy atom. The van der Waals surface area contributed by atoms with E-state index in [1.165, 1.54) is 0 Å². The highest BCUT2D eigenvalue weighted by Gasteiger charge is 2.30. The number of thioether (sulfide) groups is 1. The number of rotatable bonds is 4. The molecule has 1 N–H and O–H groups in total. The number of furan rings is 1. The van der Waals surface area contributed by atoms with E-state index >= 15 is 0 Å². The van der Waals surface area contributed by atoms with E-state index in [1.807, 2.05) is 12.3 Å². The molecule has 106 valence electrons. The molecule has 1 aliphatic carbocycles. The zero-order chi connectivity index (χ0) is 13.8. The standard InChI is InChI=1S/C14H21NO3S/c1-15(11-5-3-4-6-12(11)16)14(17)13-8-7-10(18-13)9-19-2/h7-8,11-12,16H,3-6,9H2,1-2H3. The van der Waals surface area contributed by atoms with Gasteiger partial charge in [0.2, 0.25) is 0 Å². The van der Waals surface area contributed by atoms with E-state index in [1.54, 1.807) is 29.8 Å². The molecular formula is C14H21NO3S. The second-order valence-corrected chi connectivity index (χ2v) is 5.90. The molecule has 0 radical (unpaired) electrons. The predicted molar refractivity (Wildman–Crippen MR) is 76.3 cm³/mol. The number of amides is 1. The van der Waals surface area contributed by atoms with Crippen molar-refractivity contribution in [2.75, 3.05) is 13.3 Å². The van der Waals surface area contributed by atoms with E-state index in [-0.39, 0.29) is 11.9 Å². The van der Waals surface area contributed by atoms with Crippen molar-refractivity contribution in [3.8, 4) is 0 Å². The molecule has 1 amide bonds. The summed E-state index contributed by atoms with van der Waals surface area (Å²) < 4.78 is 5.54. The van der Waals surface area contributed by atoms with E-state index in [4.69, 9.17) is 4.42 Å². The predicted octanol–water partition coefficient (Wildman–Crippen LogP) is 2.52. The van der Waals surface area contributed by atoms with Crippen molar-refractivity contribution in [3.63, 3.8) is 0 Å². The molecule has 4 nitrogen and oxygen atoms in total. The summed E-state index contributed by atoms with van der Waals surface area (Å²) in [6, 6.07) is 3.48. The Kier molecular flexibility index (Phi) is 4.93. The van der Waals surface area contributed by atoms with Gasteiger partial charge in [0.15, 0.2) is 5.76 Å². The van der Waals surface area contributed by atoms with Gasteiger partial charge < -0.3 is 14.4 Å². The lowest BCUT2D eigenvalue weighted by Crippen LogP contribution is -2.46. The van der Waals surface area contributed by atoms with Gasteiger partial charge in [0.1, 0.15) is 5.76 Å². The highest BCUT2D eigenvalue weighted by Crippen LogP contribution is 2.24. The van der Waals surface area contributed by atoms with E-state index in [2.05, 4.69) is 0 Å². The molecule has 0 saturated heterocycles. The van der Waals surface area contributed by atoms with Gasteiger partial charge in [-0.15, -0.1) is 0 Å². The summed E-state index contributed by atoms with van der Waals surface area (Å²) in [5, 5.41) is 10.00. The Labute approximate surface area is 118 Å². The van der Waals surface area contributed by atoms with Crippen molar-refractivity contribution in [2.45, 2.75) is 43.6 Å². The molecule has 2 unspecified atom stereocenters. The number of nitrogens with zero attached hydrogens (tertiary/aromatic N) is 1.